The van der Waals surface area contributed by atoms with Gasteiger partial charge < -0.3 is 4.74 Å². The highest BCUT2D eigenvalue weighted by Crippen LogP contribution is 2.23. The van der Waals surface area contributed by atoms with Crippen LogP contribution in [0.3, 0.4) is 0 Å². The molecule has 4 rings (SSSR count). The Kier molecular flexibility index (Phi) is 5.78. The van der Waals surface area contributed by atoms with Gasteiger partial charge in [0.25, 0.3) is 0 Å². The number of morpholine rings is 1. The van der Waals surface area contributed by atoms with Crippen molar-refractivity contribution in [2.75, 3.05) is 19.7 Å². The van der Waals surface area contributed by atoms with E-state index in [1.54, 1.807) is 6.20 Å². The fourth-order valence-electron chi connectivity index (χ4n) is 3.39. The lowest BCUT2D eigenvalue weighted by Crippen LogP contribution is -2.38. The molecule has 0 N–H and O–H groups in total. The lowest BCUT2D eigenvalue weighted by Gasteiger charge is -2.32. The SMILES string of the molecule is Clc1ccccc1Cc1cccc(C2CN(Cc3cccnc3)CCO2)n1. The molecule has 138 valence electrons. The first-order chi connectivity index (χ1) is 13.3. The van der Waals surface area contributed by atoms with Gasteiger partial charge in [-0.1, -0.05) is 41.9 Å². The lowest BCUT2D eigenvalue weighted by molar-refractivity contribution is -0.0350. The van der Waals surface area contributed by atoms with Gasteiger partial charge in [0.15, 0.2) is 0 Å². The fraction of sp³-hybridized carbons (Fsp3) is 0.273. The number of aromatic nitrogens is 2. The number of benzene rings is 1. The summed E-state index contributed by atoms with van der Waals surface area (Å²) in [6.45, 7) is 3.34. The fourth-order valence-corrected chi connectivity index (χ4v) is 3.59. The van der Waals surface area contributed by atoms with Crippen LogP contribution in [0.4, 0.5) is 0 Å². The summed E-state index contributed by atoms with van der Waals surface area (Å²) < 4.78 is 6.02. The molecule has 1 aromatic carbocycles. The summed E-state index contributed by atoms with van der Waals surface area (Å²) in [6, 6.07) is 18.2. The summed E-state index contributed by atoms with van der Waals surface area (Å²) in [5.74, 6) is 0. The molecule has 1 saturated heterocycles. The topological polar surface area (TPSA) is 38.2 Å². The Hall–Kier alpha value is -2.27. The van der Waals surface area contributed by atoms with Crippen molar-refractivity contribution >= 4 is 11.6 Å². The number of hydrogen-bond acceptors (Lipinski definition) is 4. The molecule has 0 saturated carbocycles. The van der Waals surface area contributed by atoms with Crippen LogP contribution < -0.4 is 0 Å². The summed E-state index contributed by atoms with van der Waals surface area (Å²) in [7, 11) is 0. The predicted molar refractivity (Wildman–Crippen MR) is 107 cm³/mol. The van der Waals surface area contributed by atoms with Gasteiger partial charge in [-0.25, -0.2) is 0 Å². The molecule has 0 radical (unpaired) electrons. The molecule has 5 heteroatoms. The third-order valence-electron chi connectivity index (χ3n) is 4.77. The molecule has 1 fully saturated rings. The van der Waals surface area contributed by atoms with Crippen LogP contribution in [0.25, 0.3) is 0 Å². The number of halogens is 1. The largest absolute Gasteiger partial charge is 0.369 e. The zero-order valence-corrected chi connectivity index (χ0v) is 15.8. The van der Waals surface area contributed by atoms with Crippen molar-refractivity contribution in [3.05, 3.63) is 94.5 Å². The highest BCUT2D eigenvalue weighted by Gasteiger charge is 2.23. The molecule has 1 aliphatic rings. The zero-order valence-electron chi connectivity index (χ0n) is 15.1. The van der Waals surface area contributed by atoms with Crippen molar-refractivity contribution in [3.8, 4) is 0 Å². The van der Waals surface area contributed by atoms with E-state index in [1.165, 1.54) is 5.56 Å². The van der Waals surface area contributed by atoms with Crippen molar-refractivity contribution < 1.29 is 4.74 Å². The van der Waals surface area contributed by atoms with Crippen LogP contribution in [0.15, 0.2) is 67.0 Å². The van der Waals surface area contributed by atoms with Gasteiger partial charge in [0, 0.05) is 49.2 Å². The molecule has 4 nitrogen and oxygen atoms in total. The van der Waals surface area contributed by atoms with Gasteiger partial charge in [-0.2, -0.15) is 0 Å². The van der Waals surface area contributed by atoms with Crippen LogP contribution in [-0.2, 0) is 17.7 Å². The summed E-state index contributed by atoms with van der Waals surface area (Å²) in [5, 5.41) is 0.779. The Balaban J connectivity index is 1.45. The van der Waals surface area contributed by atoms with E-state index in [1.807, 2.05) is 48.7 Å². The Morgan fingerprint density at radius 3 is 2.85 bits per heavy atom. The third kappa shape index (κ3) is 4.72. The number of pyridine rings is 2. The van der Waals surface area contributed by atoms with Crippen molar-refractivity contribution in [2.24, 2.45) is 0 Å². The van der Waals surface area contributed by atoms with Crippen LogP contribution in [0.2, 0.25) is 5.02 Å². The third-order valence-corrected chi connectivity index (χ3v) is 5.14. The van der Waals surface area contributed by atoms with Gasteiger partial charge in [0.05, 0.1) is 12.3 Å². The average Bonchev–Trinajstić information content (AvgIpc) is 2.71. The highest BCUT2D eigenvalue weighted by atomic mass is 35.5. The molecule has 0 spiro atoms. The second-order valence-corrected chi connectivity index (χ2v) is 7.18. The molecule has 0 aliphatic carbocycles. The first-order valence-electron chi connectivity index (χ1n) is 9.20. The smallest absolute Gasteiger partial charge is 0.112 e. The van der Waals surface area contributed by atoms with Crippen molar-refractivity contribution in [1.82, 2.24) is 14.9 Å². The Morgan fingerprint density at radius 2 is 2.00 bits per heavy atom. The van der Waals surface area contributed by atoms with E-state index in [2.05, 4.69) is 22.0 Å². The van der Waals surface area contributed by atoms with Gasteiger partial charge in [0.1, 0.15) is 6.10 Å². The first-order valence-corrected chi connectivity index (χ1v) is 9.58. The van der Waals surface area contributed by atoms with Crippen LogP contribution >= 0.6 is 11.6 Å². The first kappa shape index (κ1) is 18.1. The minimum atomic E-state index is -0.0124. The molecule has 27 heavy (non-hydrogen) atoms. The minimum absolute atomic E-state index is 0.0124. The van der Waals surface area contributed by atoms with Gasteiger partial charge in [-0.15, -0.1) is 0 Å². The van der Waals surface area contributed by atoms with Crippen LogP contribution in [0, 0.1) is 0 Å². The van der Waals surface area contributed by atoms with Crippen molar-refractivity contribution in [2.45, 2.75) is 19.1 Å². The minimum Gasteiger partial charge on any atom is -0.369 e. The lowest BCUT2D eigenvalue weighted by atomic mass is 10.1. The van der Waals surface area contributed by atoms with Crippen LogP contribution in [0.1, 0.15) is 28.6 Å². The summed E-state index contributed by atoms with van der Waals surface area (Å²) >= 11 is 6.29. The van der Waals surface area contributed by atoms with Gasteiger partial charge >= 0.3 is 0 Å². The Morgan fingerprint density at radius 1 is 1.07 bits per heavy atom. The monoisotopic (exact) mass is 379 g/mol. The molecule has 2 aromatic heterocycles. The van der Waals surface area contributed by atoms with Crippen LogP contribution in [-0.4, -0.2) is 34.6 Å². The zero-order chi connectivity index (χ0) is 18.5. The second kappa shape index (κ2) is 8.61. The van der Waals surface area contributed by atoms with Crippen LogP contribution in [0.5, 0.6) is 0 Å². The van der Waals surface area contributed by atoms with Gasteiger partial charge in [-0.05, 0) is 35.4 Å². The summed E-state index contributed by atoms with van der Waals surface area (Å²) in [5.41, 5.74) is 4.30. The number of hydrogen-bond donors (Lipinski definition) is 0. The van der Waals surface area contributed by atoms with E-state index in [0.717, 1.165) is 48.0 Å². The molecule has 0 bridgehead atoms. The number of nitrogens with zero attached hydrogens (tertiary/aromatic N) is 3. The molecular weight excluding hydrogens is 358 g/mol. The van der Waals surface area contributed by atoms with Crippen molar-refractivity contribution in [1.29, 1.82) is 0 Å². The quantitative estimate of drug-likeness (QED) is 0.662. The van der Waals surface area contributed by atoms with Gasteiger partial charge in [0.2, 0.25) is 0 Å². The molecule has 0 amide bonds. The summed E-state index contributed by atoms with van der Waals surface area (Å²) in [6.07, 6.45) is 4.44. The molecular formula is C22H22ClN3O. The summed E-state index contributed by atoms with van der Waals surface area (Å²) in [4.78, 5) is 11.5. The molecule has 1 atom stereocenters. The molecule has 3 heterocycles. The normalized spacial score (nSPS) is 17.7. The average molecular weight is 380 g/mol. The highest BCUT2D eigenvalue weighted by molar-refractivity contribution is 6.31. The molecule has 1 unspecified atom stereocenters. The van der Waals surface area contributed by atoms with E-state index in [4.69, 9.17) is 21.3 Å². The Bertz CT molecular complexity index is 887. The number of ether oxygens (including phenoxy) is 1. The second-order valence-electron chi connectivity index (χ2n) is 6.78. The Labute approximate surface area is 164 Å². The number of rotatable bonds is 5. The van der Waals surface area contributed by atoms with E-state index in [-0.39, 0.29) is 6.10 Å². The maximum absolute atomic E-state index is 6.29. The predicted octanol–water partition coefficient (Wildman–Crippen LogP) is 4.29. The standard InChI is InChI=1S/C22H22ClN3O/c23-20-8-2-1-6-18(20)13-19-7-3-9-21(25-19)22-16-26(11-12-27-22)15-17-5-4-10-24-14-17/h1-10,14,22H,11-13,15-16H2. The van der Waals surface area contributed by atoms with E-state index in [0.29, 0.717) is 6.61 Å². The maximum Gasteiger partial charge on any atom is 0.112 e. The van der Waals surface area contributed by atoms with Gasteiger partial charge in [-0.3, -0.25) is 14.9 Å². The van der Waals surface area contributed by atoms with E-state index < -0.39 is 0 Å². The molecule has 1 aliphatic heterocycles. The maximum atomic E-state index is 6.29. The van der Waals surface area contributed by atoms with E-state index >= 15 is 0 Å². The van der Waals surface area contributed by atoms with Crippen molar-refractivity contribution in [3.63, 3.8) is 0 Å². The van der Waals surface area contributed by atoms with E-state index in [9.17, 15) is 0 Å². The molecule has 3 aromatic rings.